The highest BCUT2D eigenvalue weighted by atomic mass is 16.5. The van der Waals surface area contributed by atoms with E-state index < -0.39 is 0 Å². The summed E-state index contributed by atoms with van der Waals surface area (Å²) in [6, 6.07) is 16.5. The molecule has 6 heteroatoms. The van der Waals surface area contributed by atoms with Crippen molar-refractivity contribution in [3.05, 3.63) is 59.9 Å². The third-order valence-corrected chi connectivity index (χ3v) is 4.74. The van der Waals surface area contributed by atoms with E-state index in [0.717, 1.165) is 44.0 Å². The molecule has 1 aromatic heterocycles. The van der Waals surface area contributed by atoms with Gasteiger partial charge in [-0.3, -0.25) is 4.90 Å². The second-order valence-corrected chi connectivity index (χ2v) is 6.70. The lowest BCUT2D eigenvalue weighted by atomic mass is 10.1. The van der Waals surface area contributed by atoms with E-state index in [2.05, 4.69) is 50.3 Å². The number of aromatic nitrogens is 2. The minimum atomic E-state index is 0.581. The van der Waals surface area contributed by atoms with Gasteiger partial charge in [0.15, 0.2) is 5.82 Å². The third-order valence-electron chi connectivity index (χ3n) is 4.74. The van der Waals surface area contributed by atoms with Crippen LogP contribution in [0.3, 0.4) is 0 Å². The highest BCUT2D eigenvalue weighted by molar-refractivity contribution is 5.54. The topological polar surface area (TPSA) is 71.4 Å². The van der Waals surface area contributed by atoms with Crippen LogP contribution in [0.25, 0.3) is 11.5 Å². The van der Waals surface area contributed by atoms with Crippen LogP contribution in [-0.2, 0) is 6.54 Å². The highest BCUT2D eigenvalue weighted by Crippen LogP contribution is 2.21. The molecular weight excluding hydrogens is 326 g/mol. The van der Waals surface area contributed by atoms with Crippen molar-refractivity contribution in [2.45, 2.75) is 13.5 Å². The second-order valence-electron chi connectivity index (χ2n) is 6.70. The Morgan fingerprint density at radius 2 is 1.81 bits per heavy atom. The van der Waals surface area contributed by atoms with E-state index in [1.54, 1.807) is 0 Å². The third kappa shape index (κ3) is 3.70. The van der Waals surface area contributed by atoms with Gasteiger partial charge in [-0.15, -0.1) is 0 Å². The molecule has 0 saturated carbocycles. The quantitative estimate of drug-likeness (QED) is 0.730. The van der Waals surface area contributed by atoms with Crippen molar-refractivity contribution in [1.82, 2.24) is 15.0 Å². The fourth-order valence-electron chi connectivity index (χ4n) is 3.32. The molecule has 1 aliphatic rings. The lowest BCUT2D eigenvalue weighted by molar-refractivity contribution is 0.250. The summed E-state index contributed by atoms with van der Waals surface area (Å²) in [6.45, 7) is 6.87. The number of nitrogens with two attached hydrogens (primary N) is 1. The number of aryl methyl sites for hydroxylation is 1. The highest BCUT2D eigenvalue weighted by Gasteiger charge is 2.17. The summed E-state index contributed by atoms with van der Waals surface area (Å²) in [5.74, 6) is 1.24. The molecule has 0 radical (unpaired) electrons. The smallest absolute Gasteiger partial charge is 0.257 e. The molecule has 0 bridgehead atoms. The summed E-state index contributed by atoms with van der Waals surface area (Å²) >= 11 is 0. The standard InChI is InChI=1S/C20H23N5O/c1-15-22-20(26-23-15)17-4-2-3-16(13-17)14-24-9-11-25(12-10-24)19-7-5-18(21)6-8-19/h2-8,13H,9-12,14,21H2,1H3. The molecule has 1 aliphatic heterocycles. The first-order valence-electron chi connectivity index (χ1n) is 8.90. The minimum absolute atomic E-state index is 0.581. The maximum absolute atomic E-state index is 5.78. The summed E-state index contributed by atoms with van der Waals surface area (Å²) in [5.41, 5.74) is 10.1. The van der Waals surface area contributed by atoms with Gasteiger partial charge in [0.1, 0.15) is 0 Å². The van der Waals surface area contributed by atoms with Crippen molar-refractivity contribution >= 4 is 11.4 Å². The molecule has 6 nitrogen and oxygen atoms in total. The molecule has 3 aromatic rings. The van der Waals surface area contributed by atoms with Gasteiger partial charge in [0.05, 0.1) is 0 Å². The fourth-order valence-corrected chi connectivity index (χ4v) is 3.32. The van der Waals surface area contributed by atoms with Crippen LogP contribution in [0.2, 0.25) is 0 Å². The van der Waals surface area contributed by atoms with Gasteiger partial charge in [-0.1, -0.05) is 17.3 Å². The maximum Gasteiger partial charge on any atom is 0.257 e. The molecule has 26 heavy (non-hydrogen) atoms. The van der Waals surface area contributed by atoms with Crippen LogP contribution in [0, 0.1) is 6.92 Å². The molecular formula is C20H23N5O. The number of hydrogen-bond donors (Lipinski definition) is 1. The van der Waals surface area contributed by atoms with Crippen molar-refractivity contribution in [2.24, 2.45) is 0 Å². The van der Waals surface area contributed by atoms with E-state index in [0.29, 0.717) is 11.7 Å². The van der Waals surface area contributed by atoms with Gasteiger partial charge >= 0.3 is 0 Å². The lowest BCUT2D eigenvalue weighted by Gasteiger charge is -2.36. The molecule has 0 atom stereocenters. The van der Waals surface area contributed by atoms with E-state index in [1.165, 1.54) is 11.3 Å². The summed E-state index contributed by atoms with van der Waals surface area (Å²) in [6.07, 6.45) is 0. The summed E-state index contributed by atoms with van der Waals surface area (Å²) in [5, 5.41) is 3.87. The summed E-state index contributed by atoms with van der Waals surface area (Å²) in [4.78, 5) is 9.20. The monoisotopic (exact) mass is 349 g/mol. The van der Waals surface area contributed by atoms with Crippen LogP contribution in [0.4, 0.5) is 11.4 Å². The first kappa shape index (κ1) is 16.6. The van der Waals surface area contributed by atoms with Gasteiger partial charge in [-0.25, -0.2) is 0 Å². The Hall–Kier alpha value is -2.86. The number of piperazine rings is 1. The molecule has 2 aromatic carbocycles. The van der Waals surface area contributed by atoms with Crippen LogP contribution in [-0.4, -0.2) is 41.2 Å². The first-order valence-corrected chi connectivity index (χ1v) is 8.90. The fraction of sp³-hybridized carbons (Fsp3) is 0.300. The zero-order chi connectivity index (χ0) is 17.9. The zero-order valence-corrected chi connectivity index (χ0v) is 14.9. The maximum atomic E-state index is 5.78. The van der Waals surface area contributed by atoms with Crippen molar-refractivity contribution in [3.8, 4) is 11.5 Å². The van der Waals surface area contributed by atoms with Crippen LogP contribution in [0.15, 0.2) is 53.1 Å². The number of benzene rings is 2. The second kappa shape index (κ2) is 7.17. The predicted octanol–water partition coefficient (Wildman–Crippen LogP) is 2.95. The van der Waals surface area contributed by atoms with Crippen LogP contribution < -0.4 is 10.6 Å². The van der Waals surface area contributed by atoms with Crippen molar-refractivity contribution in [1.29, 1.82) is 0 Å². The van der Waals surface area contributed by atoms with Crippen LogP contribution in [0.1, 0.15) is 11.4 Å². The number of anilines is 2. The lowest BCUT2D eigenvalue weighted by Crippen LogP contribution is -2.45. The van der Waals surface area contributed by atoms with E-state index >= 15 is 0 Å². The van der Waals surface area contributed by atoms with Gasteiger partial charge in [0.25, 0.3) is 5.89 Å². The van der Waals surface area contributed by atoms with E-state index in [9.17, 15) is 0 Å². The molecule has 1 saturated heterocycles. The van der Waals surface area contributed by atoms with E-state index in [4.69, 9.17) is 10.3 Å². The Balaban J connectivity index is 1.38. The number of rotatable bonds is 4. The Morgan fingerprint density at radius 1 is 1.04 bits per heavy atom. The molecule has 0 spiro atoms. The average Bonchev–Trinajstić information content (AvgIpc) is 3.10. The van der Waals surface area contributed by atoms with Crippen LogP contribution >= 0.6 is 0 Å². The van der Waals surface area contributed by atoms with Crippen LogP contribution in [0.5, 0.6) is 0 Å². The molecule has 2 heterocycles. The molecule has 0 aliphatic carbocycles. The number of nitrogen functional groups attached to an aromatic ring is 1. The first-order chi connectivity index (χ1) is 12.7. The average molecular weight is 349 g/mol. The van der Waals surface area contributed by atoms with E-state index in [1.807, 2.05) is 25.1 Å². The van der Waals surface area contributed by atoms with Gasteiger partial charge in [0.2, 0.25) is 0 Å². The molecule has 2 N–H and O–H groups in total. The Kier molecular flexibility index (Phi) is 4.58. The molecule has 4 rings (SSSR count). The minimum Gasteiger partial charge on any atom is -0.399 e. The van der Waals surface area contributed by atoms with Gasteiger partial charge < -0.3 is 15.2 Å². The summed E-state index contributed by atoms with van der Waals surface area (Å²) < 4.78 is 5.28. The van der Waals surface area contributed by atoms with Gasteiger partial charge in [0, 0.05) is 49.7 Å². The zero-order valence-electron chi connectivity index (χ0n) is 14.9. The Morgan fingerprint density at radius 3 is 2.50 bits per heavy atom. The van der Waals surface area contributed by atoms with Crippen molar-refractivity contribution in [2.75, 3.05) is 36.8 Å². The molecule has 0 unspecified atom stereocenters. The number of hydrogen-bond acceptors (Lipinski definition) is 6. The van der Waals surface area contributed by atoms with Gasteiger partial charge in [-0.05, 0) is 48.9 Å². The largest absolute Gasteiger partial charge is 0.399 e. The predicted molar refractivity (Wildman–Crippen MR) is 103 cm³/mol. The van der Waals surface area contributed by atoms with Crippen molar-refractivity contribution in [3.63, 3.8) is 0 Å². The number of nitrogens with zero attached hydrogens (tertiary/aromatic N) is 4. The Labute approximate surface area is 153 Å². The molecule has 0 amide bonds. The van der Waals surface area contributed by atoms with Gasteiger partial charge in [-0.2, -0.15) is 4.98 Å². The SMILES string of the molecule is Cc1noc(-c2cccc(CN3CCN(c4ccc(N)cc4)CC3)c2)n1. The van der Waals surface area contributed by atoms with Crippen molar-refractivity contribution < 1.29 is 4.52 Å². The molecule has 134 valence electrons. The summed E-state index contributed by atoms with van der Waals surface area (Å²) in [7, 11) is 0. The Bertz CT molecular complexity index is 866. The molecule has 1 fully saturated rings. The van der Waals surface area contributed by atoms with E-state index in [-0.39, 0.29) is 0 Å². The normalized spacial score (nSPS) is 15.3.